The molecule has 2 aromatic rings. The van der Waals surface area contributed by atoms with Crippen molar-refractivity contribution < 1.29 is 19.1 Å². The van der Waals surface area contributed by atoms with Gasteiger partial charge >= 0.3 is 5.97 Å². The Morgan fingerprint density at radius 3 is 2.59 bits per heavy atom. The standard InChI is InChI=1S/C22H22N2O4S/c1-3-23(16-9-5-4-6-10-16)20(26)15(2)28-21(27)22-14-13-19(25)24(22)17-11-7-8-12-18(17)29-22/h4-12,15H,3,13-14H2,1-2H3/t15-,22+/m1/s1. The van der Waals surface area contributed by atoms with Gasteiger partial charge in [-0.3, -0.25) is 14.5 Å². The second kappa shape index (κ2) is 7.55. The van der Waals surface area contributed by atoms with Crippen LogP contribution in [0.4, 0.5) is 11.4 Å². The summed E-state index contributed by atoms with van der Waals surface area (Å²) in [4.78, 5) is 41.6. The number of para-hydroxylation sites is 2. The molecule has 29 heavy (non-hydrogen) atoms. The van der Waals surface area contributed by atoms with Crippen LogP contribution in [-0.2, 0) is 19.1 Å². The third kappa shape index (κ3) is 3.19. The first-order chi connectivity index (χ1) is 14.0. The first-order valence-corrected chi connectivity index (χ1v) is 10.5. The van der Waals surface area contributed by atoms with Gasteiger partial charge in [-0.2, -0.15) is 0 Å². The van der Waals surface area contributed by atoms with E-state index in [9.17, 15) is 14.4 Å². The van der Waals surface area contributed by atoms with E-state index in [4.69, 9.17) is 4.74 Å². The van der Waals surface area contributed by atoms with Crippen LogP contribution in [0.3, 0.4) is 0 Å². The van der Waals surface area contributed by atoms with Crippen molar-refractivity contribution in [1.82, 2.24) is 0 Å². The third-order valence-corrected chi connectivity index (χ3v) is 6.73. The predicted molar refractivity (Wildman–Crippen MR) is 112 cm³/mol. The number of benzene rings is 2. The van der Waals surface area contributed by atoms with Gasteiger partial charge in [0.05, 0.1) is 5.69 Å². The second-order valence-corrected chi connectivity index (χ2v) is 8.37. The molecule has 0 aromatic heterocycles. The van der Waals surface area contributed by atoms with Crippen LogP contribution in [0.1, 0.15) is 26.7 Å². The van der Waals surface area contributed by atoms with Crippen LogP contribution in [0.25, 0.3) is 0 Å². The number of rotatable bonds is 5. The minimum absolute atomic E-state index is 0.0992. The molecule has 0 N–H and O–H groups in total. The lowest BCUT2D eigenvalue weighted by atomic mass is 10.2. The highest BCUT2D eigenvalue weighted by Crippen LogP contribution is 2.56. The topological polar surface area (TPSA) is 66.9 Å². The number of amides is 2. The fourth-order valence-electron chi connectivity index (χ4n) is 3.87. The second-order valence-electron chi connectivity index (χ2n) is 7.05. The molecule has 2 aliphatic rings. The predicted octanol–water partition coefficient (Wildman–Crippen LogP) is 3.60. The van der Waals surface area contributed by atoms with Crippen LogP contribution in [0.15, 0.2) is 59.5 Å². The van der Waals surface area contributed by atoms with E-state index in [1.165, 1.54) is 11.8 Å². The number of hydrogen-bond donors (Lipinski definition) is 0. The first kappa shape index (κ1) is 19.5. The molecule has 0 spiro atoms. The Hall–Kier alpha value is -2.80. The molecule has 7 heteroatoms. The van der Waals surface area contributed by atoms with Crippen molar-refractivity contribution in [1.29, 1.82) is 0 Å². The highest BCUT2D eigenvalue weighted by molar-refractivity contribution is 8.02. The maximum atomic E-state index is 13.2. The van der Waals surface area contributed by atoms with Gasteiger partial charge in [0.15, 0.2) is 11.0 Å². The highest BCUT2D eigenvalue weighted by Gasteiger charge is 2.59. The van der Waals surface area contributed by atoms with Crippen molar-refractivity contribution >= 4 is 40.9 Å². The smallest absolute Gasteiger partial charge is 0.344 e. The molecule has 2 atom stereocenters. The summed E-state index contributed by atoms with van der Waals surface area (Å²) < 4.78 is 5.64. The largest absolute Gasteiger partial charge is 0.450 e. The van der Waals surface area contributed by atoms with Crippen LogP contribution in [0.5, 0.6) is 0 Å². The molecule has 2 aromatic carbocycles. The molecule has 1 fully saturated rings. The maximum absolute atomic E-state index is 13.2. The molecular weight excluding hydrogens is 388 g/mol. The molecule has 0 aliphatic carbocycles. The minimum Gasteiger partial charge on any atom is -0.450 e. The maximum Gasteiger partial charge on any atom is 0.344 e. The lowest BCUT2D eigenvalue weighted by molar-refractivity contribution is -0.156. The Morgan fingerprint density at radius 1 is 1.17 bits per heavy atom. The molecule has 0 unspecified atom stereocenters. The van der Waals surface area contributed by atoms with E-state index in [1.807, 2.05) is 61.5 Å². The Kier molecular flexibility index (Phi) is 5.08. The van der Waals surface area contributed by atoms with Crippen LogP contribution in [0.2, 0.25) is 0 Å². The van der Waals surface area contributed by atoms with Crippen LogP contribution >= 0.6 is 11.8 Å². The number of thioether (sulfide) groups is 1. The summed E-state index contributed by atoms with van der Waals surface area (Å²) in [5, 5.41) is 0. The quantitative estimate of drug-likeness (QED) is 0.705. The molecule has 1 saturated heterocycles. The van der Waals surface area contributed by atoms with Gasteiger partial charge in [0.25, 0.3) is 5.91 Å². The van der Waals surface area contributed by atoms with Gasteiger partial charge in [0.1, 0.15) is 0 Å². The number of ether oxygens (including phenoxy) is 1. The van der Waals surface area contributed by atoms with E-state index < -0.39 is 16.9 Å². The molecule has 2 heterocycles. The van der Waals surface area contributed by atoms with Crippen LogP contribution in [0, 0.1) is 0 Å². The number of carbonyl (C=O) groups is 3. The van der Waals surface area contributed by atoms with Gasteiger partial charge in [0.2, 0.25) is 5.91 Å². The fraction of sp³-hybridized carbons (Fsp3) is 0.318. The Labute approximate surface area is 173 Å². The zero-order valence-corrected chi connectivity index (χ0v) is 17.1. The van der Waals surface area contributed by atoms with E-state index in [2.05, 4.69) is 0 Å². The summed E-state index contributed by atoms with van der Waals surface area (Å²) in [6.07, 6.45) is -0.316. The summed E-state index contributed by atoms with van der Waals surface area (Å²) in [6.45, 7) is 3.91. The van der Waals surface area contributed by atoms with E-state index in [0.29, 0.717) is 13.0 Å². The Bertz CT molecular complexity index is 964. The molecule has 0 saturated carbocycles. The summed E-state index contributed by atoms with van der Waals surface area (Å²) >= 11 is 1.34. The van der Waals surface area contributed by atoms with Gasteiger partial charge in [-0.05, 0) is 38.1 Å². The number of anilines is 2. The van der Waals surface area contributed by atoms with Crippen molar-refractivity contribution in [2.45, 2.75) is 42.6 Å². The van der Waals surface area contributed by atoms with Crippen molar-refractivity contribution in [2.75, 3.05) is 16.3 Å². The number of esters is 1. The SMILES string of the molecule is CCN(C(=O)[C@@H](C)OC(=O)[C@@]12CCC(=O)N1c1ccccc1S2)c1ccccc1. The summed E-state index contributed by atoms with van der Waals surface area (Å²) in [7, 11) is 0. The number of carbonyl (C=O) groups excluding carboxylic acids is 3. The van der Waals surface area contributed by atoms with Crippen molar-refractivity contribution in [3.8, 4) is 0 Å². The van der Waals surface area contributed by atoms with Crippen LogP contribution in [-0.4, -0.2) is 35.3 Å². The monoisotopic (exact) mass is 410 g/mol. The number of fused-ring (bicyclic) bond motifs is 3. The molecule has 0 bridgehead atoms. The van der Waals surface area contributed by atoms with E-state index in [-0.39, 0.29) is 18.2 Å². The Morgan fingerprint density at radius 2 is 1.86 bits per heavy atom. The van der Waals surface area contributed by atoms with Crippen LogP contribution < -0.4 is 9.80 Å². The molecule has 2 amide bonds. The molecule has 0 radical (unpaired) electrons. The highest BCUT2D eigenvalue weighted by atomic mass is 32.2. The first-order valence-electron chi connectivity index (χ1n) is 9.66. The molecule has 150 valence electrons. The fourth-order valence-corrected chi connectivity index (χ4v) is 5.27. The zero-order chi connectivity index (χ0) is 20.6. The normalized spacial score (nSPS) is 20.8. The zero-order valence-electron chi connectivity index (χ0n) is 16.3. The Balaban J connectivity index is 1.55. The van der Waals surface area contributed by atoms with E-state index >= 15 is 0 Å². The summed E-state index contributed by atoms with van der Waals surface area (Å²) in [5.74, 6) is -0.938. The van der Waals surface area contributed by atoms with Gasteiger partial charge in [-0.15, -0.1) is 0 Å². The molecular formula is C22H22N2O4S. The van der Waals surface area contributed by atoms with Gasteiger partial charge < -0.3 is 9.64 Å². The number of hydrogen-bond acceptors (Lipinski definition) is 5. The van der Waals surface area contributed by atoms with Gasteiger partial charge in [-0.25, -0.2) is 4.79 Å². The lowest BCUT2D eigenvalue weighted by Crippen LogP contribution is -2.50. The van der Waals surface area contributed by atoms with Gasteiger partial charge in [-0.1, -0.05) is 42.1 Å². The summed E-state index contributed by atoms with van der Waals surface area (Å²) in [5.41, 5.74) is 1.48. The van der Waals surface area contributed by atoms with Crippen molar-refractivity contribution in [2.24, 2.45) is 0 Å². The number of nitrogens with zero attached hydrogens (tertiary/aromatic N) is 2. The third-order valence-electron chi connectivity index (χ3n) is 5.27. The summed E-state index contributed by atoms with van der Waals surface area (Å²) in [6, 6.07) is 16.7. The molecule has 6 nitrogen and oxygen atoms in total. The van der Waals surface area contributed by atoms with E-state index in [0.717, 1.165) is 16.3 Å². The van der Waals surface area contributed by atoms with E-state index in [1.54, 1.807) is 16.7 Å². The van der Waals surface area contributed by atoms with Gasteiger partial charge in [0, 0.05) is 30.0 Å². The number of likely N-dealkylation sites (N-methyl/N-ethyl adjacent to an activating group) is 1. The molecule has 2 aliphatic heterocycles. The van der Waals surface area contributed by atoms with Crippen molar-refractivity contribution in [3.05, 3.63) is 54.6 Å². The average molecular weight is 410 g/mol. The average Bonchev–Trinajstić information content (AvgIpc) is 3.25. The minimum atomic E-state index is -1.13. The molecule has 4 rings (SSSR count). The lowest BCUT2D eigenvalue weighted by Gasteiger charge is -2.31. The van der Waals surface area contributed by atoms with Crippen molar-refractivity contribution in [3.63, 3.8) is 0 Å².